The van der Waals surface area contributed by atoms with E-state index in [1.54, 1.807) is 14.2 Å². The molecule has 0 bridgehead atoms. The van der Waals surface area contributed by atoms with Gasteiger partial charge in [-0.1, -0.05) is 0 Å². The highest BCUT2D eigenvalue weighted by molar-refractivity contribution is 5.85. The summed E-state index contributed by atoms with van der Waals surface area (Å²) < 4.78 is 16.0. The number of hydrogen-bond donors (Lipinski definition) is 2. The van der Waals surface area contributed by atoms with Gasteiger partial charge in [-0.05, 0) is 36.1 Å². The van der Waals surface area contributed by atoms with E-state index < -0.39 is 0 Å². The molecule has 3 rings (SSSR count). The lowest BCUT2D eigenvalue weighted by molar-refractivity contribution is -0.132. The van der Waals surface area contributed by atoms with Gasteiger partial charge in [0.25, 0.3) is 0 Å². The predicted molar refractivity (Wildman–Crippen MR) is 111 cm³/mol. The average Bonchev–Trinajstić information content (AvgIpc) is 2.75. The first-order chi connectivity index (χ1) is 13.6. The van der Waals surface area contributed by atoms with Gasteiger partial charge >= 0.3 is 0 Å². The van der Waals surface area contributed by atoms with Crippen molar-refractivity contribution in [1.82, 2.24) is 15.5 Å². The Morgan fingerprint density at radius 1 is 1.24 bits per heavy atom. The molecule has 1 unspecified atom stereocenters. The summed E-state index contributed by atoms with van der Waals surface area (Å²) in [7, 11) is 3.23. The molecule has 2 amide bonds. The van der Waals surface area contributed by atoms with Crippen LogP contribution < -0.4 is 20.1 Å². The molecule has 0 spiro atoms. The van der Waals surface area contributed by atoms with E-state index in [0.717, 1.165) is 17.7 Å². The molecular formula is C20H30ClN3O5. The number of carbonyl (C=O) groups is 2. The zero-order valence-electron chi connectivity index (χ0n) is 17.0. The number of ether oxygens (including phenoxy) is 3. The first-order valence-corrected chi connectivity index (χ1v) is 9.72. The second-order valence-electron chi connectivity index (χ2n) is 7.02. The lowest BCUT2D eigenvalue weighted by Gasteiger charge is -2.30. The van der Waals surface area contributed by atoms with Crippen LogP contribution in [0, 0.1) is 0 Å². The lowest BCUT2D eigenvalue weighted by Crippen LogP contribution is -2.51. The minimum Gasteiger partial charge on any atom is -0.493 e. The Bertz CT molecular complexity index is 710. The van der Waals surface area contributed by atoms with Gasteiger partial charge in [-0.15, -0.1) is 12.4 Å². The molecule has 1 aromatic carbocycles. The van der Waals surface area contributed by atoms with E-state index in [0.29, 0.717) is 58.0 Å². The van der Waals surface area contributed by atoms with Crippen LogP contribution in [0.3, 0.4) is 0 Å². The van der Waals surface area contributed by atoms with E-state index in [1.165, 1.54) is 5.56 Å². The Morgan fingerprint density at radius 3 is 2.62 bits per heavy atom. The summed E-state index contributed by atoms with van der Waals surface area (Å²) in [6, 6.07) is 3.65. The quantitative estimate of drug-likeness (QED) is 0.628. The number of carbonyl (C=O) groups excluding carboxylic acids is 2. The fourth-order valence-electron chi connectivity index (χ4n) is 3.56. The lowest BCUT2D eigenvalue weighted by atomic mass is 9.98. The number of nitrogens with zero attached hydrogens (tertiary/aromatic N) is 1. The monoisotopic (exact) mass is 427 g/mol. The minimum atomic E-state index is -0.296. The van der Waals surface area contributed by atoms with E-state index in [1.807, 2.05) is 17.0 Å². The average molecular weight is 428 g/mol. The highest BCUT2D eigenvalue weighted by Crippen LogP contribution is 2.33. The van der Waals surface area contributed by atoms with Gasteiger partial charge in [0.1, 0.15) is 6.04 Å². The summed E-state index contributed by atoms with van der Waals surface area (Å²) in [5, 5.41) is 5.99. The predicted octanol–water partition coefficient (Wildman–Crippen LogP) is 0.895. The van der Waals surface area contributed by atoms with Crippen LogP contribution in [0.25, 0.3) is 0 Å². The number of nitrogens with one attached hydrogen (secondary N) is 2. The molecule has 2 heterocycles. The van der Waals surface area contributed by atoms with Crippen molar-refractivity contribution in [3.63, 3.8) is 0 Å². The number of methoxy groups -OCH3 is 2. The van der Waals surface area contributed by atoms with Crippen LogP contribution in [0.1, 0.15) is 24.0 Å². The molecule has 1 fully saturated rings. The largest absolute Gasteiger partial charge is 0.493 e. The van der Waals surface area contributed by atoms with Crippen LogP contribution in [0.15, 0.2) is 12.1 Å². The van der Waals surface area contributed by atoms with Gasteiger partial charge in [-0.3, -0.25) is 9.59 Å². The third kappa shape index (κ3) is 5.98. The molecule has 2 N–H and O–H groups in total. The number of amides is 2. The van der Waals surface area contributed by atoms with Gasteiger partial charge in [0.2, 0.25) is 11.8 Å². The molecule has 29 heavy (non-hydrogen) atoms. The molecule has 2 aliphatic heterocycles. The summed E-state index contributed by atoms with van der Waals surface area (Å²) in [5.41, 5.74) is 2.28. The van der Waals surface area contributed by atoms with Crippen LogP contribution in [0.4, 0.5) is 0 Å². The highest BCUT2D eigenvalue weighted by atomic mass is 35.5. The fourth-order valence-corrected chi connectivity index (χ4v) is 3.56. The minimum absolute atomic E-state index is 0. The van der Waals surface area contributed by atoms with Crippen molar-refractivity contribution in [1.29, 1.82) is 0 Å². The van der Waals surface area contributed by atoms with Crippen molar-refractivity contribution in [2.75, 3.05) is 47.1 Å². The SMILES string of the molecule is COc1cc2c(cc1OC)CN(C(=O)CCCNC(=O)C1COCCN1)CC2.Cl. The molecule has 0 aromatic heterocycles. The van der Waals surface area contributed by atoms with Gasteiger partial charge < -0.3 is 29.7 Å². The summed E-state index contributed by atoms with van der Waals surface area (Å²) >= 11 is 0. The maximum atomic E-state index is 12.6. The maximum absolute atomic E-state index is 12.6. The van der Waals surface area contributed by atoms with Gasteiger partial charge in [0, 0.05) is 32.6 Å². The Morgan fingerprint density at radius 2 is 1.97 bits per heavy atom. The first-order valence-electron chi connectivity index (χ1n) is 9.72. The van der Waals surface area contributed by atoms with E-state index in [4.69, 9.17) is 14.2 Å². The van der Waals surface area contributed by atoms with E-state index in [9.17, 15) is 9.59 Å². The third-order valence-corrected chi connectivity index (χ3v) is 5.18. The van der Waals surface area contributed by atoms with Crippen LogP contribution in [-0.4, -0.2) is 69.8 Å². The summed E-state index contributed by atoms with van der Waals surface area (Å²) in [5.74, 6) is 1.43. The zero-order valence-corrected chi connectivity index (χ0v) is 17.8. The summed E-state index contributed by atoms with van der Waals surface area (Å²) in [6.45, 7) is 3.46. The molecule has 1 atom stereocenters. The topological polar surface area (TPSA) is 89.1 Å². The second kappa shape index (κ2) is 11.2. The Hall–Kier alpha value is -2.03. The maximum Gasteiger partial charge on any atom is 0.239 e. The van der Waals surface area contributed by atoms with E-state index in [2.05, 4.69) is 10.6 Å². The van der Waals surface area contributed by atoms with Gasteiger partial charge in [-0.2, -0.15) is 0 Å². The fraction of sp³-hybridized carbons (Fsp3) is 0.600. The van der Waals surface area contributed by atoms with Crippen LogP contribution in [-0.2, 0) is 27.3 Å². The number of halogens is 1. The van der Waals surface area contributed by atoms with Crippen LogP contribution in [0.2, 0.25) is 0 Å². The summed E-state index contributed by atoms with van der Waals surface area (Å²) in [6.07, 6.45) is 1.83. The molecule has 0 saturated carbocycles. The first kappa shape index (κ1) is 23.3. The second-order valence-corrected chi connectivity index (χ2v) is 7.02. The normalized spacial score (nSPS) is 18.3. The number of morpholine rings is 1. The smallest absolute Gasteiger partial charge is 0.239 e. The van der Waals surface area contributed by atoms with Crippen molar-refractivity contribution in [2.45, 2.75) is 31.8 Å². The molecule has 0 radical (unpaired) electrons. The third-order valence-electron chi connectivity index (χ3n) is 5.18. The van der Waals surface area contributed by atoms with Crippen LogP contribution >= 0.6 is 12.4 Å². The van der Waals surface area contributed by atoms with Crippen molar-refractivity contribution in [2.24, 2.45) is 0 Å². The Labute approximate surface area is 177 Å². The number of fused-ring (bicyclic) bond motifs is 1. The molecule has 1 saturated heterocycles. The zero-order chi connectivity index (χ0) is 19.9. The number of rotatable bonds is 7. The van der Waals surface area contributed by atoms with Gasteiger partial charge in [0.05, 0.1) is 27.4 Å². The van der Waals surface area contributed by atoms with Crippen LogP contribution in [0.5, 0.6) is 11.5 Å². The van der Waals surface area contributed by atoms with E-state index >= 15 is 0 Å². The number of benzene rings is 1. The Balaban J connectivity index is 0.00000300. The molecule has 0 aliphatic carbocycles. The standard InChI is InChI=1S/C20H29N3O5.ClH/c1-26-17-10-14-5-8-23(12-15(14)11-18(17)27-2)19(24)4-3-6-22-20(25)16-13-28-9-7-21-16;/h10-11,16,21H,3-9,12-13H2,1-2H3,(H,22,25);1H. The number of hydrogen-bond acceptors (Lipinski definition) is 6. The molecule has 2 aliphatic rings. The molecule has 162 valence electrons. The summed E-state index contributed by atoms with van der Waals surface area (Å²) in [4.78, 5) is 26.4. The molecular weight excluding hydrogens is 398 g/mol. The van der Waals surface area contributed by atoms with Crippen molar-refractivity contribution >= 4 is 24.2 Å². The van der Waals surface area contributed by atoms with Crippen molar-refractivity contribution in [3.05, 3.63) is 23.3 Å². The van der Waals surface area contributed by atoms with Crippen molar-refractivity contribution < 1.29 is 23.8 Å². The molecule has 1 aromatic rings. The Kier molecular flexibility index (Phi) is 9.00. The van der Waals surface area contributed by atoms with E-state index in [-0.39, 0.29) is 30.3 Å². The molecule has 9 heteroatoms. The molecule has 8 nitrogen and oxygen atoms in total. The van der Waals surface area contributed by atoms with Gasteiger partial charge in [-0.25, -0.2) is 0 Å². The highest BCUT2D eigenvalue weighted by Gasteiger charge is 2.23. The van der Waals surface area contributed by atoms with Gasteiger partial charge in [0.15, 0.2) is 11.5 Å². The van der Waals surface area contributed by atoms with Crippen molar-refractivity contribution in [3.8, 4) is 11.5 Å².